The maximum absolute atomic E-state index is 13.9. The Morgan fingerprint density at radius 2 is 1.88 bits per heavy atom. The van der Waals surface area contributed by atoms with E-state index in [9.17, 15) is 18.4 Å². The highest BCUT2D eigenvalue weighted by atomic mass is 19.1. The summed E-state index contributed by atoms with van der Waals surface area (Å²) in [7, 11) is 0. The fourth-order valence-electron chi connectivity index (χ4n) is 3.97. The minimum atomic E-state index is -0.736. The molecule has 6 nitrogen and oxygen atoms in total. The summed E-state index contributed by atoms with van der Waals surface area (Å²) in [4.78, 5) is 28.9. The average molecular weight is 466 g/mol. The van der Waals surface area contributed by atoms with Crippen molar-refractivity contribution in [2.24, 2.45) is 0 Å². The molecule has 1 aliphatic rings. The van der Waals surface area contributed by atoms with Gasteiger partial charge >= 0.3 is 6.09 Å². The second-order valence-electron chi connectivity index (χ2n) is 9.21. The molecule has 2 N–H and O–H groups in total. The van der Waals surface area contributed by atoms with E-state index in [2.05, 4.69) is 15.6 Å². The molecule has 0 fully saturated rings. The number of rotatable bonds is 5. The summed E-state index contributed by atoms with van der Waals surface area (Å²) in [5.74, 6) is -1.48. The lowest BCUT2D eigenvalue weighted by molar-refractivity contribution is -0.115. The zero-order valence-corrected chi connectivity index (χ0v) is 19.1. The lowest BCUT2D eigenvalue weighted by atomic mass is 9.94. The Bertz CT molecular complexity index is 1230. The number of fused-ring (bicyclic) bond motifs is 1. The first-order chi connectivity index (χ1) is 16.1. The van der Waals surface area contributed by atoms with Gasteiger partial charge in [0.05, 0.1) is 18.2 Å². The van der Waals surface area contributed by atoms with Gasteiger partial charge in [-0.1, -0.05) is 12.1 Å². The molecule has 0 spiro atoms. The molecule has 0 radical (unpaired) electrons. The summed E-state index contributed by atoms with van der Waals surface area (Å²) in [6.07, 6.45) is 1.28. The molecule has 1 aromatic heterocycles. The number of alkyl carbamates (subject to hydrolysis) is 1. The maximum atomic E-state index is 13.9. The van der Waals surface area contributed by atoms with Crippen molar-refractivity contribution in [3.8, 4) is 11.1 Å². The van der Waals surface area contributed by atoms with Crippen LogP contribution in [0.1, 0.15) is 43.6 Å². The molecule has 2 heterocycles. The Balaban J connectivity index is 1.73. The number of hydrogen-bond donors (Lipinski definition) is 2. The van der Waals surface area contributed by atoms with Crippen LogP contribution in [0.15, 0.2) is 54.7 Å². The first-order valence-electron chi connectivity index (χ1n) is 10.9. The molecule has 1 atom stereocenters. The normalized spacial score (nSPS) is 13.7. The number of carbonyl (C=O) groups is 2. The fraction of sp³-hybridized carbons (Fsp3) is 0.269. The molecule has 0 saturated carbocycles. The highest BCUT2D eigenvalue weighted by Gasteiger charge is 2.25. The molecule has 0 aliphatic carbocycles. The molecule has 176 valence electrons. The Morgan fingerprint density at radius 3 is 2.59 bits per heavy atom. The van der Waals surface area contributed by atoms with Crippen molar-refractivity contribution in [2.45, 2.75) is 45.3 Å². The standard InChI is InChI=1S/C26H25F2N3O3/c1-26(2,3)34-25(33)31-22(11-15-9-18(27)14-19(28)10-15)24-20(5-4-8-29-24)16-6-7-21-17(12-16)13-23(32)30-21/h4-10,12,14,22H,11,13H2,1-3H3,(H,30,32)(H,31,33). The minimum Gasteiger partial charge on any atom is -0.444 e. The monoisotopic (exact) mass is 465 g/mol. The first kappa shape index (κ1) is 23.4. The third kappa shape index (κ3) is 5.57. The lowest BCUT2D eigenvalue weighted by Crippen LogP contribution is -2.36. The van der Waals surface area contributed by atoms with E-state index in [0.717, 1.165) is 28.4 Å². The van der Waals surface area contributed by atoms with Gasteiger partial charge in [-0.15, -0.1) is 0 Å². The molecule has 0 bridgehead atoms. The topological polar surface area (TPSA) is 80.3 Å². The number of nitrogens with one attached hydrogen (secondary N) is 2. The number of benzene rings is 2. The third-order valence-corrected chi connectivity index (χ3v) is 5.26. The number of amides is 2. The van der Waals surface area contributed by atoms with Gasteiger partial charge in [0, 0.05) is 23.5 Å². The maximum Gasteiger partial charge on any atom is 0.408 e. The van der Waals surface area contributed by atoms with Crippen LogP contribution in [0.5, 0.6) is 0 Å². The molecule has 4 rings (SSSR count). The zero-order valence-electron chi connectivity index (χ0n) is 19.1. The largest absolute Gasteiger partial charge is 0.444 e. The Morgan fingerprint density at radius 1 is 1.15 bits per heavy atom. The van der Waals surface area contributed by atoms with Crippen LogP contribution >= 0.6 is 0 Å². The second-order valence-corrected chi connectivity index (χ2v) is 9.21. The summed E-state index contributed by atoms with van der Waals surface area (Å²) < 4.78 is 33.2. The Labute approximate surface area is 196 Å². The van der Waals surface area contributed by atoms with Crippen LogP contribution in [-0.4, -0.2) is 22.6 Å². The predicted octanol–water partition coefficient (Wildman–Crippen LogP) is 5.33. The van der Waals surface area contributed by atoms with Gasteiger partial charge < -0.3 is 15.4 Å². The molecule has 1 unspecified atom stereocenters. The Kier molecular flexibility index (Phi) is 6.32. The van der Waals surface area contributed by atoms with Crippen molar-refractivity contribution in [1.29, 1.82) is 0 Å². The molecular formula is C26H25F2N3O3. The van der Waals surface area contributed by atoms with Gasteiger partial charge in [0.15, 0.2) is 0 Å². The molecule has 2 aromatic carbocycles. The summed E-state index contributed by atoms with van der Waals surface area (Å²) in [5, 5.41) is 5.62. The van der Waals surface area contributed by atoms with Crippen LogP contribution in [0.25, 0.3) is 11.1 Å². The van der Waals surface area contributed by atoms with Gasteiger partial charge in [0.25, 0.3) is 0 Å². The minimum absolute atomic E-state index is 0.0730. The van der Waals surface area contributed by atoms with Gasteiger partial charge in [-0.3, -0.25) is 9.78 Å². The third-order valence-electron chi connectivity index (χ3n) is 5.26. The van der Waals surface area contributed by atoms with E-state index < -0.39 is 29.4 Å². The molecular weight excluding hydrogens is 440 g/mol. The second kappa shape index (κ2) is 9.21. The van der Waals surface area contributed by atoms with Crippen LogP contribution in [0.4, 0.5) is 19.3 Å². The van der Waals surface area contributed by atoms with Crippen molar-refractivity contribution < 1.29 is 23.1 Å². The number of hydrogen-bond acceptors (Lipinski definition) is 4. The summed E-state index contributed by atoms with van der Waals surface area (Å²) in [6, 6.07) is 11.7. The average Bonchev–Trinajstić information content (AvgIpc) is 3.10. The van der Waals surface area contributed by atoms with E-state index in [4.69, 9.17) is 4.74 Å². The molecule has 0 saturated heterocycles. The summed E-state index contributed by atoms with van der Waals surface area (Å²) >= 11 is 0. The Hall–Kier alpha value is -3.81. The number of pyridine rings is 1. The van der Waals surface area contributed by atoms with E-state index >= 15 is 0 Å². The highest BCUT2D eigenvalue weighted by molar-refractivity contribution is 5.99. The van der Waals surface area contributed by atoms with Gasteiger partial charge in [-0.05, 0) is 74.2 Å². The lowest BCUT2D eigenvalue weighted by Gasteiger charge is -2.25. The molecule has 8 heteroatoms. The smallest absolute Gasteiger partial charge is 0.408 e. The summed E-state index contributed by atoms with van der Waals surface area (Å²) in [6.45, 7) is 5.24. The van der Waals surface area contributed by atoms with Crippen LogP contribution in [-0.2, 0) is 22.4 Å². The molecule has 34 heavy (non-hydrogen) atoms. The van der Waals surface area contributed by atoms with E-state index in [-0.39, 0.29) is 18.7 Å². The first-order valence-corrected chi connectivity index (χ1v) is 10.9. The SMILES string of the molecule is CC(C)(C)OC(=O)NC(Cc1cc(F)cc(F)c1)c1ncccc1-c1ccc2c(c1)CC(=O)N2. The fourth-order valence-corrected chi connectivity index (χ4v) is 3.97. The van der Waals surface area contributed by atoms with Gasteiger partial charge in [0.2, 0.25) is 5.91 Å². The molecule has 1 aliphatic heterocycles. The van der Waals surface area contributed by atoms with E-state index in [0.29, 0.717) is 11.3 Å². The van der Waals surface area contributed by atoms with Crippen LogP contribution in [0, 0.1) is 11.6 Å². The van der Waals surface area contributed by atoms with Crippen molar-refractivity contribution in [1.82, 2.24) is 10.3 Å². The summed E-state index contributed by atoms with van der Waals surface area (Å²) in [5.41, 5.74) is 3.29. The van der Waals surface area contributed by atoms with Gasteiger partial charge in [-0.2, -0.15) is 0 Å². The quantitative estimate of drug-likeness (QED) is 0.534. The number of anilines is 1. The van der Waals surface area contributed by atoms with Crippen molar-refractivity contribution >= 4 is 17.7 Å². The van der Waals surface area contributed by atoms with Crippen LogP contribution < -0.4 is 10.6 Å². The van der Waals surface area contributed by atoms with Crippen molar-refractivity contribution in [2.75, 3.05) is 5.32 Å². The van der Waals surface area contributed by atoms with Gasteiger partial charge in [0.1, 0.15) is 17.2 Å². The van der Waals surface area contributed by atoms with Crippen molar-refractivity contribution in [3.05, 3.63) is 83.2 Å². The zero-order chi connectivity index (χ0) is 24.5. The van der Waals surface area contributed by atoms with Crippen LogP contribution in [0.2, 0.25) is 0 Å². The van der Waals surface area contributed by atoms with Crippen LogP contribution in [0.3, 0.4) is 0 Å². The molecule has 2 amide bonds. The van der Waals surface area contributed by atoms with E-state index in [1.807, 2.05) is 24.3 Å². The van der Waals surface area contributed by atoms with Crippen molar-refractivity contribution in [3.63, 3.8) is 0 Å². The number of ether oxygens (including phenoxy) is 1. The number of halogens is 2. The van der Waals surface area contributed by atoms with E-state index in [1.165, 1.54) is 12.1 Å². The molecule has 3 aromatic rings. The number of carbonyl (C=O) groups excluding carboxylic acids is 2. The number of nitrogens with zero attached hydrogens (tertiary/aromatic N) is 1. The van der Waals surface area contributed by atoms with E-state index in [1.54, 1.807) is 33.0 Å². The highest BCUT2D eigenvalue weighted by Crippen LogP contribution is 2.33. The number of aromatic nitrogens is 1. The predicted molar refractivity (Wildman–Crippen MR) is 124 cm³/mol. The van der Waals surface area contributed by atoms with Gasteiger partial charge in [-0.25, -0.2) is 13.6 Å².